The van der Waals surface area contributed by atoms with Gasteiger partial charge in [-0.1, -0.05) is 0 Å². The molecule has 1 aliphatic rings. The van der Waals surface area contributed by atoms with Crippen molar-refractivity contribution in [1.29, 1.82) is 0 Å². The molecule has 0 saturated carbocycles. The first-order valence-electron chi connectivity index (χ1n) is 6.43. The first-order chi connectivity index (χ1) is 8.03. The van der Waals surface area contributed by atoms with Crippen LogP contribution in [0.25, 0.3) is 0 Å². The third-order valence-electron chi connectivity index (χ3n) is 2.50. The molecule has 1 aliphatic heterocycles. The molecule has 7 heteroatoms. The SMILES string of the molecule is C[Si](C)(C)O[C@@H]1[C@H](O[Si](C)(C)C)[C@@H](O)O[C@@H]1CN. The molecule has 0 aliphatic carbocycles. The molecule has 1 rings (SSSR count). The number of nitrogens with two attached hydrogens (primary N) is 1. The Morgan fingerprint density at radius 3 is 1.83 bits per heavy atom. The van der Waals surface area contributed by atoms with E-state index in [-0.39, 0.29) is 12.2 Å². The van der Waals surface area contributed by atoms with Crippen LogP contribution in [0.1, 0.15) is 0 Å². The van der Waals surface area contributed by atoms with Gasteiger partial charge in [0.15, 0.2) is 22.9 Å². The molecule has 18 heavy (non-hydrogen) atoms. The topological polar surface area (TPSA) is 73.9 Å². The molecule has 4 atom stereocenters. The zero-order chi connectivity index (χ0) is 14.1. The Kier molecular flexibility index (Phi) is 5.16. The maximum atomic E-state index is 9.98. The standard InChI is InChI=1S/C11H27NO4Si2/c1-17(2,3)15-9-8(7-12)14-11(13)10(9)16-18(4,5)6/h8-11,13H,7,12H2,1-6H3/t8-,9+,10+,11+/m1/s1. The summed E-state index contributed by atoms with van der Waals surface area (Å²) in [7, 11) is -3.51. The summed E-state index contributed by atoms with van der Waals surface area (Å²) in [5.74, 6) is 0. The second kappa shape index (κ2) is 5.70. The average molecular weight is 294 g/mol. The van der Waals surface area contributed by atoms with E-state index in [9.17, 15) is 5.11 Å². The molecule has 0 bridgehead atoms. The third-order valence-corrected chi connectivity index (χ3v) is 4.46. The van der Waals surface area contributed by atoms with Crippen LogP contribution < -0.4 is 5.73 Å². The van der Waals surface area contributed by atoms with E-state index in [0.717, 1.165) is 0 Å². The second-order valence-electron chi connectivity index (χ2n) is 6.69. The predicted octanol–water partition coefficient (Wildman–Crippen LogP) is 1.10. The highest BCUT2D eigenvalue weighted by Gasteiger charge is 2.47. The van der Waals surface area contributed by atoms with Crippen LogP contribution in [0.4, 0.5) is 0 Å². The molecule has 3 N–H and O–H groups in total. The lowest BCUT2D eigenvalue weighted by Crippen LogP contribution is -2.49. The van der Waals surface area contributed by atoms with E-state index >= 15 is 0 Å². The number of aliphatic hydroxyl groups excluding tert-OH is 1. The Balaban J connectivity index is 2.83. The van der Waals surface area contributed by atoms with Crippen LogP contribution in [-0.2, 0) is 13.6 Å². The summed E-state index contributed by atoms with van der Waals surface area (Å²) in [6.45, 7) is 12.9. The minimum absolute atomic E-state index is 0.261. The molecule has 0 amide bonds. The maximum absolute atomic E-state index is 9.98. The molecule has 5 nitrogen and oxygen atoms in total. The molecule has 1 fully saturated rings. The number of hydrogen-bond acceptors (Lipinski definition) is 5. The van der Waals surface area contributed by atoms with E-state index in [2.05, 4.69) is 39.3 Å². The molecule has 108 valence electrons. The van der Waals surface area contributed by atoms with Crippen LogP contribution in [0, 0.1) is 0 Å². The Bertz CT molecular complexity index is 277. The smallest absolute Gasteiger partial charge is 0.184 e. The Morgan fingerprint density at radius 1 is 1.00 bits per heavy atom. The fraction of sp³-hybridized carbons (Fsp3) is 1.00. The molecule has 0 radical (unpaired) electrons. The van der Waals surface area contributed by atoms with E-state index in [1.807, 2.05) is 0 Å². The van der Waals surface area contributed by atoms with Gasteiger partial charge < -0.3 is 24.4 Å². The van der Waals surface area contributed by atoms with Gasteiger partial charge >= 0.3 is 0 Å². The molecule has 0 aromatic carbocycles. The van der Waals surface area contributed by atoms with Gasteiger partial charge in [-0.2, -0.15) is 0 Å². The lowest BCUT2D eigenvalue weighted by atomic mass is 10.1. The molecule has 1 heterocycles. The monoisotopic (exact) mass is 293 g/mol. The zero-order valence-electron chi connectivity index (χ0n) is 12.3. The first-order valence-corrected chi connectivity index (χ1v) is 13.2. The normalized spacial score (nSPS) is 34.0. The van der Waals surface area contributed by atoms with Crippen molar-refractivity contribution in [1.82, 2.24) is 0 Å². The van der Waals surface area contributed by atoms with Crippen LogP contribution in [0.15, 0.2) is 0 Å². The lowest BCUT2D eigenvalue weighted by molar-refractivity contribution is -0.121. The summed E-state index contributed by atoms with van der Waals surface area (Å²) >= 11 is 0. The molecule has 0 aromatic heterocycles. The van der Waals surface area contributed by atoms with E-state index < -0.39 is 29.0 Å². The predicted molar refractivity (Wildman–Crippen MR) is 76.4 cm³/mol. The Labute approximate surface area is 112 Å². The van der Waals surface area contributed by atoms with Crippen LogP contribution in [0.5, 0.6) is 0 Å². The van der Waals surface area contributed by atoms with Gasteiger partial charge in [0.05, 0.1) is 0 Å². The summed E-state index contributed by atoms with van der Waals surface area (Å²) in [5.41, 5.74) is 5.69. The molecule has 0 unspecified atom stereocenters. The van der Waals surface area contributed by atoms with E-state index in [1.165, 1.54) is 0 Å². The largest absolute Gasteiger partial charge is 0.409 e. The van der Waals surface area contributed by atoms with Gasteiger partial charge in [0.25, 0.3) is 0 Å². The van der Waals surface area contributed by atoms with Crippen molar-refractivity contribution in [3.63, 3.8) is 0 Å². The summed E-state index contributed by atoms with van der Waals surface area (Å²) in [4.78, 5) is 0. The fourth-order valence-electron chi connectivity index (χ4n) is 1.98. The van der Waals surface area contributed by atoms with Gasteiger partial charge in [-0.05, 0) is 39.3 Å². The van der Waals surface area contributed by atoms with Crippen LogP contribution in [0.3, 0.4) is 0 Å². The van der Waals surface area contributed by atoms with Crippen molar-refractivity contribution in [2.75, 3.05) is 6.54 Å². The van der Waals surface area contributed by atoms with Crippen LogP contribution in [-0.4, -0.2) is 52.9 Å². The highest BCUT2D eigenvalue weighted by molar-refractivity contribution is 6.70. The Hall–Kier alpha value is 0.234. The quantitative estimate of drug-likeness (QED) is 0.743. The Morgan fingerprint density at radius 2 is 1.44 bits per heavy atom. The number of ether oxygens (including phenoxy) is 1. The van der Waals surface area contributed by atoms with Crippen molar-refractivity contribution in [2.24, 2.45) is 5.73 Å². The minimum atomic E-state index is -1.77. The number of aliphatic hydroxyl groups is 1. The van der Waals surface area contributed by atoms with Crippen LogP contribution >= 0.6 is 0 Å². The minimum Gasteiger partial charge on any atom is -0.409 e. The number of rotatable bonds is 5. The highest BCUT2D eigenvalue weighted by atomic mass is 28.4. The molecule has 0 aromatic rings. The van der Waals surface area contributed by atoms with Crippen molar-refractivity contribution in [3.05, 3.63) is 0 Å². The van der Waals surface area contributed by atoms with Gasteiger partial charge in [0.1, 0.15) is 18.3 Å². The molecular formula is C11H27NO4Si2. The van der Waals surface area contributed by atoms with Crippen LogP contribution in [0.2, 0.25) is 39.3 Å². The summed E-state index contributed by atoms with van der Waals surface area (Å²) in [5, 5.41) is 9.98. The third kappa shape index (κ3) is 4.73. The average Bonchev–Trinajstić information content (AvgIpc) is 2.41. The summed E-state index contributed by atoms with van der Waals surface area (Å²) < 4.78 is 17.6. The summed E-state index contributed by atoms with van der Waals surface area (Å²) in [6, 6.07) is 0. The van der Waals surface area contributed by atoms with Crippen molar-refractivity contribution >= 4 is 16.6 Å². The van der Waals surface area contributed by atoms with Gasteiger partial charge in [-0.25, -0.2) is 0 Å². The highest BCUT2D eigenvalue weighted by Crippen LogP contribution is 2.29. The van der Waals surface area contributed by atoms with E-state index in [1.54, 1.807) is 0 Å². The van der Waals surface area contributed by atoms with E-state index in [0.29, 0.717) is 6.54 Å². The van der Waals surface area contributed by atoms with E-state index in [4.69, 9.17) is 19.3 Å². The maximum Gasteiger partial charge on any atom is 0.184 e. The van der Waals surface area contributed by atoms with Gasteiger partial charge in [0.2, 0.25) is 0 Å². The second-order valence-corrected chi connectivity index (χ2v) is 15.6. The lowest BCUT2D eigenvalue weighted by Gasteiger charge is -2.33. The molecule has 1 saturated heterocycles. The van der Waals surface area contributed by atoms with Gasteiger partial charge in [-0.15, -0.1) is 0 Å². The fourth-order valence-corrected chi connectivity index (χ4v) is 4.15. The number of hydrogen-bond donors (Lipinski definition) is 2. The molecule has 0 spiro atoms. The van der Waals surface area contributed by atoms with Gasteiger partial charge in [-0.3, -0.25) is 0 Å². The summed E-state index contributed by atoms with van der Waals surface area (Å²) in [6.07, 6.45) is -1.90. The van der Waals surface area contributed by atoms with Crippen molar-refractivity contribution in [3.8, 4) is 0 Å². The van der Waals surface area contributed by atoms with Gasteiger partial charge in [0, 0.05) is 6.54 Å². The zero-order valence-corrected chi connectivity index (χ0v) is 14.3. The van der Waals surface area contributed by atoms with Crippen molar-refractivity contribution < 1.29 is 18.7 Å². The molecular weight excluding hydrogens is 266 g/mol. The van der Waals surface area contributed by atoms with Crippen molar-refractivity contribution in [2.45, 2.75) is 63.9 Å². The first kappa shape index (κ1) is 16.3.